The second kappa shape index (κ2) is 7.48. The minimum Gasteiger partial charge on any atom is -0.208 e. The maximum Gasteiger partial charge on any atom is 0.165 e. The molecule has 0 unspecified atom stereocenters. The smallest absolute Gasteiger partial charge is 0.165 e. The van der Waals surface area contributed by atoms with Gasteiger partial charge in [-0.15, -0.1) is 0 Å². The van der Waals surface area contributed by atoms with Crippen LogP contribution in [0, 0.1) is 0 Å². The molecule has 26 heavy (non-hydrogen) atoms. The summed E-state index contributed by atoms with van der Waals surface area (Å²) in [5, 5.41) is 0. The molecule has 0 saturated carbocycles. The lowest BCUT2D eigenvalue weighted by atomic mass is 10.1. The Hall–Kier alpha value is -2.37. The third kappa shape index (κ3) is 3.45. The van der Waals surface area contributed by atoms with Crippen molar-refractivity contribution in [2.24, 2.45) is 0 Å². The third-order valence-electron chi connectivity index (χ3n) is 3.90. The molecule has 0 fully saturated rings. The lowest BCUT2D eigenvalue weighted by Crippen LogP contribution is -2.00. The molecule has 3 nitrogen and oxygen atoms in total. The summed E-state index contributed by atoms with van der Waals surface area (Å²) in [7, 11) is 0. The Labute approximate surface area is 168 Å². The molecule has 0 amide bonds. The monoisotopic (exact) mass is 465 g/mol. The molecule has 0 bridgehead atoms. The van der Waals surface area contributed by atoms with E-state index in [1.54, 1.807) is 0 Å². The number of halogens is 2. The molecule has 4 aromatic rings. The van der Waals surface area contributed by atoms with Crippen molar-refractivity contribution >= 4 is 31.9 Å². The van der Waals surface area contributed by atoms with Crippen LogP contribution in [-0.2, 0) is 0 Å². The summed E-state index contributed by atoms with van der Waals surface area (Å²) in [6.07, 6.45) is 0. The first-order valence-electron chi connectivity index (χ1n) is 8.03. The molecular formula is C21H13Br2N3. The van der Waals surface area contributed by atoms with Gasteiger partial charge >= 0.3 is 0 Å². The minimum atomic E-state index is 0.636. The number of nitrogens with zero attached hydrogens (tertiary/aromatic N) is 3. The van der Waals surface area contributed by atoms with Gasteiger partial charge in [0.2, 0.25) is 0 Å². The number of benzene rings is 3. The molecule has 0 aliphatic carbocycles. The van der Waals surface area contributed by atoms with Gasteiger partial charge in [-0.2, -0.15) is 0 Å². The average Bonchev–Trinajstić information content (AvgIpc) is 2.69. The van der Waals surface area contributed by atoms with E-state index in [2.05, 4.69) is 31.9 Å². The van der Waals surface area contributed by atoms with Crippen molar-refractivity contribution in [2.75, 3.05) is 0 Å². The normalized spacial score (nSPS) is 10.7. The Kier molecular flexibility index (Phi) is 4.91. The van der Waals surface area contributed by atoms with Crippen LogP contribution in [0.3, 0.4) is 0 Å². The molecule has 1 aromatic heterocycles. The van der Waals surface area contributed by atoms with Gasteiger partial charge in [0.15, 0.2) is 17.5 Å². The van der Waals surface area contributed by atoms with Gasteiger partial charge in [-0.25, -0.2) is 15.0 Å². The molecule has 0 spiro atoms. The van der Waals surface area contributed by atoms with E-state index in [4.69, 9.17) is 15.0 Å². The Balaban J connectivity index is 1.97. The van der Waals surface area contributed by atoms with Crippen molar-refractivity contribution in [3.8, 4) is 34.2 Å². The van der Waals surface area contributed by atoms with Crippen LogP contribution in [0.1, 0.15) is 0 Å². The Morgan fingerprint density at radius 2 is 0.885 bits per heavy atom. The maximum absolute atomic E-state index is 4.74. The average molecular weight is 467 g/mol. The highest BCUT2D eigenvalue weighted by atomic mass is 79.9. The van der Waals surface area contributed by atoms with Gasteiger partial charge in [-0.05, 0) is 12.1 Å². The van der Waals surface area contributed by atoms with Crippen molar-refractivity contribution in [1.29, 1.82) is 0 Å². The number of aromatic nitrogens is 3. The largest absolute Gasteiger partial charge is 0.208 e. The van der Waals surface area contributed by atoms with E-state index >= 15 is 0 Å². The van der Waals surface area contributed by atoms with Crippen molar-refractivity contribution in [3.05, 3.63) is 87.8 Å². The van der Waals surface area contributed by atoms with Crippen LogP contribution in [0.25, 0.3) is 34.2 Å². The lowest BCUT2D eigenvalue weighted by molar-refractivity contribution is 1.07. The Morgan fingerprint density at radius 3 is 1.38 bits per heavy atom. The first-order chi connectivity index (χ1) is 12.7. The SMILES string of the molecule is Brc1ccccc1-c1nc(-c2ccccc2)nc(-c2ccccc2Br)n1. The van der Waals surface area contributed by atoms with Gasteiger partial charge in [0.1, 0.15) is 0 Å². The van der Waals surface area contributed by atoms with Crippen molar-refractivity contribution in [2.45, 2.75) is 0 Å². The first-order valence-corrected chi connectivity index (χ1v) is 9.62. The predicted octanol–water partition coefficient (Wildman–Crippen LogP) is 6.40. The van der Waals surface area contributed by atoms with Crippen LogP contribution in [0.4, 0.5) is 0 Å². The molecule has 0 aliphatic rings. The van der Waals surface area contributed by atoms with Gasteiger partial charge in [0, 0.05) is 25.6 Å². The quantitative estimate of drug-likeness (QED) is 0.350. The predicted molar refractivity (Wildman–Crippen MR) is 112 cm³/mol. The summed E-state index contributed by atoms with van der Waals surface area (Å²) < 4.78 is 1.89. The molecule has 0 radical (unpaired) electrons. The van der Waals surface area contributed by atoms with Crippen LogP contribution < -0.4 is 0 Å². The summed E-state index contributed by atoms with van der Waals surface area (Å²) in [5.74, 6) is 1.92. The number of rotatable bonds is 3. The summed E-state index contributed by atoms with van der Waals surface area (Å²) in [5.41, 5.74) is 2.82. The second-order valence-electron chi connectivity index (χ2n) is 5.63. The fraction of sp³-hybridized carbons (Fsp3) is 0. The molecule has 126 valence electrons. The Bertz CT molecular complexity index is 1000. The zero-order valence-corrected chi connectivity index (χ0v) is 16.8. The van der Waals surface area contributed by atoms with Crippen molar-refractivity contribution in [3.63, 3.8) is 0 Å². The molecule has 1 heterocycles. The molecule has 4 rings (SSSR count). The van der Waals surface area contributed by atoms with Gasteiger partial charge < -0.3 is 0 Å². The fourth-order valence-corrected chi connectivity index (χ4v) is 3.54. The van der Waals surface area contributed by atoms with Crippen LogP contribution in [0.5, 0.6) is 0 Å². The van der Waals surface area contributed by atoms with Crippen molar-refractivity contribution in [1.82, 2.24) is 15.0 Å². The van der Waals surface area contributed by atoms with E-state index in [0.29, 0.717) is 17.5 Å². The maximum atomic E-state index is 4.74. The Morgan fingerprint density at radius 1 is 0.462 bits per heavy atom. The standard InChI is InChI=1S/C21H13Br2N3/c22-17-12-6-4-10-15(17)20-24-19(14-8-2-1-3-9-14)25-21(26-20)16-11-5-7-13-18(16)23/h1-13H. The van der Waals surface area contributed by atoms with Crippen LogP contribution in [0.15, 0.2) is 87.8 Å². The molecule has 5 heteroatoms. The highest BCUT2D eigenvalue weighted by molar-refractivity contribution is 9.11. The topological polar surface area (TPSA) is 38.7 Å². The second-order valence-corrected chi connectivity index (χ2v) is 7.34. The summed E-state index contributed by atoms with van der Waals surface area (Å²) >= 11 is 7.20. The van der Waals surface area contributed by atoms with E-state index in [1.807, 2.05) is 78.9 Å². The molecule has 0 atom stereocenters. The van der Waals surface area contributed by atoms with Crippen LogP contribution >= 0.6 is 31.9 Å². The highest BCUT2D eigenvalue weighted by Crippen LogP contribution is 2.31. The molecular weight excluding hydrogens is 454 g/mol. The van der Waals surface area contributed by atoms with E-state index in [0.717, 1.165) is 25.6 Å². The number of hydrogen-bond acceptors (Lipinski definition) is 3. The van der Waals surface area contributed by atoms with Crippen LogP contribution in [-0.4, -0.2) is 15.0 Å². The van der Waals surface area contributed by atoms with E-state index < -0.39 is 0 Å². The zero-order valence-electron chi connectivity index (χ0n) is 13.6. The first kappa shape index (κ1) is 17.1. The van der Waals surface area contributed by atoms with E-state index in [1.165, 1.54) is 0 Å². The minimum absolute atomic E-state index is 0.636. The molecule has 0 N–H and O–H groups in total. The fourth-order valence-electron chi connectivity index (χ4n) is 2.62. The molecule has 3 aromatic carbocycles. The van der Waals surface area contributed by atoms with Gasteiger partial charge in [0.05, 0.1) is 0 Å². The van der Waals surface area contributed by atoms with Gasteiger partial charge in [-0.3, -0.25) is 0 Å². The van der Waals surface area contributed by atoms with Crippen LogP contribution in [0.2, 0.25) is 0 Å². The molecule has 0 saturated heterocycles. The van der Waals surface area contributed by atoms with E-state index in [-0.39, 0.29) is 0 Å². The third-order valence-corrected chi connectivity index (χ3v) is 5.28. The zero-order chi connectivity index (χ0) is 17.9. The van der Waals surface area contributed by atoms with E-state index in [9.17, 15) is 0 Å². The van der Waals surface area contributed by atoms with Gasteiger partial charge in [0.25, 0.3) is 0 Å². The van der Waals surface area contributed by atoms with Gasteiger partial charge in [-0.1, -0.05) is 98.6 Å². The summed E-state index contributed by atoms with van der Waals surface area (Å²) in [4.78, 5) is 14.2. The molecule has 0 aliphatic heterocycles. The highest BCUT2D eigenvalue weighted by Gasteiger charge is 2.14. The number of hydrogen-bond donors (Lipinski definition) is 0. The summed E-state index contributed by atoms with van der Waals surface area (Å²) in [6, 6.07) is 25.8. The van der Waals surface area contributed by atoms with Crippen molar-refractivity contribution < 1.29 is 0 Å². The lowest BCUT2D eigenvalue weighted by Gasteiger charge is -2.10. The summed E-state index contributed by atoms with van der Waals surface area (Å²) in [6.45, 7) is 0.